The highest BCUT2D eigenvalue weighted by Gasteiger charge is 2.12. The largest absolute Gasteiger partial charge is 0.497 e. The topological polar surface area (TPSA) is 45.5 Å². The Balaban J connectivity index is 1.25. The molecule has 5 heteroatoms. The average Bonchev–Trinajstić information content (AvgIpc) is 3.24. The first kappa shape index (κ1) is 21.8. The Morgan fingerprint density at radius 1 is 0.765 bits per heavy atom. The lowest BCUT2D eigenvalue weighted by molar-refractivity contribution is 0.287. The Hall–Kier alpha value is -3.99. The quantitative estimate of drug-likeness (QED) is 0.223. The molecule has 5 nitrogen and oxygen atoms in total. The summed E-state index contributed by atoms with van der Waals surface area (Å²) in [7, 11) is 1.66. The number of aromatic nitrogens is 2. The van der Waals surface area contributed by atoms with Gasteiger partial charge in [0.15, 0.2) is 0 Å². The standard InChI is InChI=1S/C29H28N2O3/c1-32-23-12-9-13-24(20-23)33-19-7-6-18-31-27-16-5-4-15-26(27)30-29(31)21-34-28-17-8-11-22-10-2-3-14-25(22)28/h2-5,8-17,20H,6-7,18-19,21H2,1H3. The molecule has 0 atom stereocenters. The number of rotatable bonds is 10. The van der Waals surface area contributed by atoms with Crippen LogP contribution in [0.5, 0.6) is 17.2 Å². The number of nitrogens with zero attached hydrogens (tertiary/aromatic N) is 2. The van der Waals surface area contributed by atoms with Gasteiger partial charge in [0.25, 0.3) is 0 Å². The number of hydrogen-bond donors (Lipinski definition) is 0. The van der Waals surface area contributed by atoms with Crippen LogP contribution in [0.3, 0.4) is 0 Å². The third-order valence-corrected chi connectivity index (χ3v) is 5.93. The van der Waals surface area contributed by atoms with Crippen LogP contribution in [0.4, 0.5) is 0 Å². The van der Waals surface area contributed by atoms with Crippen LogP contribution < -0.4 is 14.2 Å². The molecule has 172 valence electrons. The summed E-state index contributed by atoms with van der Waals surface area (Å²) in [5.74, 6) is 3.45. The van der Waals surface area contributed by atoms with Crippen molar-refractivity contribution in [2.24, 2.45) is 0 Å². The number of benzene rings is 4. The monoisotopic (exact) mass is 452 g/mol. The van der Waals surface area contributed by atoms with Crippen molar-refractivity contribution >= 4 is 21.8 Å². The summed E-state index contributed by atoms with van der Waals surface area (Å²) in [5.41, 5.74) is 2.12. The van der Waals surface area contributed by atoms with Gasteiger partial charge in [-0.25, -0.2) is 4.98 Å². The second-order valence-electron chi connectivity index (χ2n) is 8.17. The maximum atomic E-state index is 6.26. The van der Waals surface area contributed by atoms with Gasteiger partial charge in [0, 0.05) is 18.0 Å². The first-order valence-electron chi connectivity index (χ1n) is 11.6. The zero-order chi connectivity index (χ0) is 23.2. The van der Waals surface area contributed by atoms with Gasteiger partial charge in [-0.3, -0.25) is 0 Å². The molecule has 1 aromatic heterocycles. The zero-order valence-corrected chi connectivity index (χ0v) is 19.3. The first-order chi connectivity index (χ1) is 16.8. The molecule has 5 rings (SSSR count). The number of unbranched alkanes of at least 4 members (excludes halogenated alkanes) is 1. The van der Waals surface area contributed by atoms with Crippen molar-refractivity contribution < 1.29 is 14.2 Å². The summed E-state index contributed by atoms with van der Waals surface area (Å²) in [6.07, 6.45) is 1.92. The fourth-order valence-corrected chi connectivity index (χ4v) is 4.20. The van der Waals surface area contributed by atoms with E-state index in [4.69, 9.17) is 19.2 Å². The normalized spacial score (nSPS) is 11.1. The van der Waals surface area contributed by atoms with Crippen LogP contribution in [0.25, 0.3) is 21.8 Å². The highest BCUT2D eigenvalue weighted by Crippen LogP contribution is 2.27. The molecule has 0 unspecified atom stereocenters. The predicted octanol–water partition coefficient (Wildman–Crippen LogP) is 6.64. The maximum Gasteiger partial charge on any atom is 0.147 e. The van der Waals surface area contributed by atoms with Crippen molar-refractivity contribution in [3.63, 3.8) is 0 Å². The minimum absolute atomic E-state index is 0.420. The Bertz CT molecular complexity index is 1390. The van der Waals surface area contributed by atoms with Crippen molar-refractivity contribution in [1.29, 1.82) is 0 Å². The second-order valence-corrected chi connectivity index (χ2v) is 8.17. The molecule has 0 spiro atoms. The van der Waals surface area contributed by atoms with Crippen LogP contribution in [-0.4, -0.2) is 23.3 Å². The second kappa shape index (κ2) is 10.3. The Labute approximate surface area is 199 Å². The molecular formula is C29H28N2O3. The Morgan fingerprint density at radius 2 is 1.56 bits per heavy atom. The van der Waals surface area contributed by atoms with Gasteiger partial charge >= 0.3 is 0 Å². The lowest BCUT2D eigenvalue weighted by Crippen LogP contribution is -2.09. The van der Waals surface area contributed by atoms with Crippen molar-refractivity contribution in [3.05, 3.63) is 96.8 Å². The fourth-order valence-electron chi connectivity index (χ4n) is 4.20. The summed E-state index contributed by atoms with van der Waals surface area (Å²) in [6, 6.07) is 30.4. The van der Waals surface area contributed by atoms with Crippen molar-refractivity contribution in [3.8, 4) is 17.2 Å². The van der Waals surface area contributed by atoms with E-state index >= 15 is 0 Å². The van der Waals surface area contributed by atoms with E-state index in [2.05, 4.69) is 41.0 Å². The summed E-state index contributed by atoms with van der Waals surface area (Å²) in [6.45, 7) is 1.93. The van der Waals surface area contributed by atoms with Crippen molar-refractivity contribution in [1.82, 2.24) is 9.55 Å². The van der Waals surface area contributed by atoms with Gasteiger partial charge in [-0.05, 0) is 48.6 Å². The van der Waals surface area contributed by atoms with Crippen LogP contribution >= 0.6 is 0 Å². The fraction of sp³-hybridized carbons (Fsp3) is 0.207. The third kappa shape index (κ3) is 4.84. The van der Waals surface area contributed by atoms with Crippen molar-refractivity contribution in [2.45, 2.75) is 26.0 Å². The number of fused-ring (bicyclic) bond motifs is 2. The molecule has 0 bridgehead atoms. The van der Waals surface area contributed by atoms with Crippen LogP contribution in [0, 0.1) is 0 Å². The van der Waals surface area contributed by atoms with E-state index in [1.54, 1.807) is 7.11 Å². The predicted molar refractivity (Wildman–Crippen MR) is 136 cm³/mol. The molecule has 0 saturated carbocycles. The Kier molecular flexibility index (Phi) is 6.61. The molecule has 0 N–H and O–H groups in total. The average molecular weight is 453 g/mol. The van der Waals surface area contributed by atoms with Gasteiger partial charge in [0.2, 0.25) is 0 Å². The molecule has 0 fully saturated rings. The number of aryl methyl sites for hydroxylation is 1. The number of ether oxygens (including phenoxy) is 3. The van der Waals surface area contributed by atoms with E-state index < -0.39 is 0 Å². The summed E-state index contributed by atoms with van der Waals surface area (Å²) in [4.78, 5) is 4.87. The molecule has 1 heterocycles. The van der Waals surface area contributed by atoms with Gasteiger partial charge in [-0.15, -0.1) is 0 Å². The van der Waals surface area contributed by atoms with Crippen LogP contribution in [0.15, 0.2) is 91.0 Å². The van der Waals surface area contributed by atoms with Crippen molar-refractivity contribution in [2.75, 3.05) is 13.7 Å². The third-order valence-electron chi connectivity index (χ3n) is 5.93. The smallest absolute Gasteiger partial charge is 0.147 e. The van der Waals surface area contributed by atoms with Crippen LogP contribution in [0.1, 0.15) is 18.7 Å². The molecule has 4 aromatic carbocycles. The maximum absolute atomic E-state index is 6.26. The van der Waals surface area contributed by atoms with Gasteiger partial charge in [-0.2, -0.15) is 0 Å². The first-order valence-corrected chi connectivity index (χ1v) is 11.6. The lowest BCUT2D eigenvalue weighted by atomic mass is 10.1. The van der Waals surface area contributed by atoms with Crippen LogP contribution in [0.2, 0.25) is 0 Å². The lowest BCUT2D eigenvalue weighted by Gasteiger charge is -2.12. The number of imidazole rings is 1. The summed E-state index contributed by atoms with van der Waals surface area (Å²) in [5, 5.41) is 2.28. The Morgan fingerprint density at radius 3 is 2.50 bits per heavy atom. The molecule has 0 aliphatic rings. The molecule has 0 aliphatic heterocycles. The summed E-state index contributed by atoms with van der Waals surface area (Å²) >= 11 is 0. The van der Waals surface area contributed by atoms with E-state index in [1.807, 2.05) is 54.6 Å². The minimum atomic E-state index is 0.420. The molecular weight excluding hydrogens is 424 g/mol. The molecule has 0 saturated heterocycles. The molecule has 0 radical (unpaired) electrons. The van der Waals surface area contributed by atoms with Gasteiger partial charge < -0.3 is 18.8 Å². The zero-order valence-electron chi connectivity index (χ0n) is 19.3. The highest BCUT2D eigenvalue weighted by molar-refractivity contribution is 5.88. The van der Waals surface area contributed by atoms with E-state index in [0.29, 0.717) is 13.2 Å². The van der Waals surface area contributed by atoms with Gasteiger partial charge in [-0.1, -0.05) is 54.6 Å². The SMILES string of the molecule is COc1cccc(OCCCCn2c(COc3cccc4ccccc34)nc3ccccc32)c1. The molecule has 34 heavy (non-hydrogen) atoms. The molecule has 0 aliphatic carbocycles. The number of hydrogen-bond acceptors (Lipinski definition) is 4. The van der Waals surface area contributed by atoms with E-state index in [9.17, 15) is 0 Å². The molecule has 5 aromatic rings. The van der Waals surface area contributed by atoms with E-state index in [-0.39, 0.29) is 0 Å². The van der Waals surface area contributed by atoms with Crippen LogP contribution in [-0.2, 0) is 13.2 Å². The summed E-state index contributed by atoms with van der Waals surface area (Å²) < 4.78 is 19.7. The van der Waals surface area contributed by atoms with Gasteiger partial charge in [0.1, 0.15) is 29.7 Å². The van der Waals surface area contributed by atoms with Gasteiger partial charge in [0.05, 0.1) is 24.8 Å². The number of para-hydroxylation sites is 2. The van der Waals surface area contributed by atoms with E-state index in [0.717, 1.165) is 58.9 Å². The molecule has 0 amide bonds. The van der Waals surface area contributed by atoms with E-state index in [1.165, 1.54) is 5.39 Å². The highest BCUT2D eigenvalue weighted by atomic mass is 16.5. The number of methoxy groups -OCH3 is 1. The minimum Gasteiger partial charge on any atom is -0.497 e.